The van der Waals surface area contributed by atoms with Gasteiger partial charge in [0.25, 0.3) is 0 Å². The summed E-state index contributed by atoms with van der Waals surface area (Å²) >= 11 is 0. The molecule has 1 N–H and O–H groups in total. The molecule has 0 bridgehead atoms. The highest BCUT2D eigenvalue weighted by atomic mass is 16.5. The number of carbonyl (C=O) groups excluding carboxylic acids is 1. The first-order chi connectivity index (χ1) is 14.1. The lowest BCUT2D eigenvalue weighted by atomic mass is 9.85. The van der Waals surface area contributed by atoms with Crippen LogP contribution in [0.2, 0.25) is 0 Å². The Morgan fingerprint density at radius 2 is 1.77 bits per heavy atom. The van der Waals surface area contributed by atoms with E-state index in [1.807, 2.05) is 20.8 Å². The van der Waals surface area contributed by atoms with Gasteiger partial charge in [-0.2, -0.15) is 0 Å². The molecule has 0 fully saturated rings. The molecule has 3 heteroatoms. The second-order valence-electron chi connectivity index (χ2n) is 10.1. The molecule has 0 aliphatic carbocycles. The summed E-state index contributed by atoms with van der Waals surface area (Å²) in [6.07, 6.45) is 6.23. The Balaban J connectivity index is 1.58. The van der Waals surface area contributed by atoms with Crippen LogP contribution in [0.25, 0.3) is 0 Å². The van der Waals surface area contributed by atoms with Gasteiger partial charge in [-0.05, 0) is 63.6 Å². The molecule has 0 spiro atoms. The molecule has 2 aromatic carbocycles. The first kappa shape index (κ1) is 22.4. The summed E-state index contributed by atoms with van der Waals surface area (Å²) in [5.41, 5.74) is 5.13. The topological polar surface area (TPSA) is 38.3 Å². The van der Waals surface area contributed by atoms with Crippen LogP contribution in [0.5, 0.6) is 5.75 Å². The van der Waals surface area contributed by atoms with Crippen LogP contribution in [0.4, 0.5) is 5.69 Å². The number of benzene rings is 2. The van der Waals surface area contributed by atoms with Gasteiger partial charge in [-0.3, -0.25) is 4.79 Å². The molecule has 0 atom stereocenters. The number of rotatable bonds is 8. The van der Waals surface area contributed by atoms with Gasteiger partial charge < -0.3 is 10.1 Å². The zero-order valence-electron chi connectivity index (χ0n) is 19.5. The third-order valence-corrected chi connectivity index (χ3v) is 6.25. The number of hydrogen-bond donors (Lipinski definition) is 1. The maximum atomic E-state index is 13.2. The van der Waals surface area contributed by atoms with Gasteiger partial charge in [-0.1, -0.05) is 63.1 Å². The fourth-order valence-corrected chi connectivity index (χ4v) is 4.33. The Kier molecular flexibility index (Phi) is 6.59. The molecule has 0 radical (unpaired) electrons. The highest BCUT2D eigenvalue weighted by molar-refractivity contribution is 5.97. The van der Waals surface area contributed by atoms with Crippen molar-refractivity contribution in [2.45, 2.75) is 85.7 Å². The van der Waals surface area contributed by atoms with E-state index in [-0.39, 0.29) is 11.5 Å². The summed E-state index contributed by atoms with van der Waals surface area (Å²) in [4.78, 5) is 13.2. The predicted molar refractivity (Wildman–Crippen MR) is 125 cm³/mol. The summed E-state index contributed by atoms with van der Waals surface area (Å²) < 4.78 is 6.24. The van der Waals surface area contributed by atoms with Crippen LogP contribution in [0.15, 0.2) is 36.4 Å². The molecule has 0 aromatic heterocycles. The SMILES string of the molecule is Cc1cc(C)c(NC(=O)C(C)(C)CCCCCc2ccccc2)c2c1CC(C)(C)O2. The van der Waals surface area contributed by atoms with Crippen LogP contribution in [-0.2, 0) is 17.6 Å². The van der Waals surface area contributed by atoms with Crippen molar-refractivity contribution in [1.29, 1.82) is 0 Å². The van der Waals surface area contributed by atoms with Gasteiger partial charge in [-0.25, -0.2) is 0 Å². The lowest BCUT2D eigenvalue weighted by molar-refractivity contribution is -0.124. The minimum Gasteiger partial charge on any atom is -0.485 e. The molecule has 0 unspecified atom stereocenters. The minimum atomic E-state index is -0.412. The van der Waals surface area contributed by atoms with E-state index in [0.717, 1.165) is 55.5 Å². The van der Waals surface area contributed by atoms with Crippen LogP contribution in [0.1, 0.15) is 75.6 Å². The second kappa shape index (κ2) is 8.83. The quantitative estimate of drug-likeness (QED) is 0.490. The molecule has 1 heterocycles. The maximum Gasteiger partial charge on any atom is 0.230 e. The third-order valence-electron chi connectivity index (χ3n) is 6.25. The van der Waals surface area contributed by atoms with Gasteiger partial charge in [0.05, 0.1) is 5.69 Å². The van der Waals surface area contributed by atoms with Gasteiger partial charge in [0.1, 0.15) is 11.4 Å². The van der Waals surface area contributed by atoms with E-state index in [1.165, 1.54) is 16.7 Å². The zero-order chi connectivity index (χ0) is 21.9. The lowest BCUT2D eigenvalue weighted by Crippen LogP contribution is -2.31. The molecule has 30 heavy (non-hydrogen) atoms. The minimum absolute atomic E-state index is 0.0769. The van der Waals surface area contributed by atoms with Gasteiger partial charge in [0.15, 0.2) is 0 Å². The summed E-state index contributed by atoms with van der Waals surface area (Å²) in [5.74, 6) is 0.942. The Bertz CT molecular complexity index is 897. The number of hydrogen-bond acceptors (Lipinski definition) is 2. The monoisotopic (exact) mass is 407 g/mol. The first-order valence-corrected chi connectivity index (χ1v) is 11.3. The second-order valence-corrected chi connectivity index (χ2v) is 10.1. The Labute approximate surface area is 182 Å². The van der Waals surface area contributed by atoms with Gasteiger partial charge in [0.2, 0.25) is 5.91 Å². The number of fused-ring (bicyclic) bond motifs is 1. The standard InChI is InChI=1S/C27H37NO2/c1-19-17-20(2)23(24-22(19)18-27(5,6)30-24)28-25(29)26(3,4)16-12-8-11-15-21-13-9-7-10-14-21/h7,9-10,13-14,17H,8,11-12,15-16,18H2,1-6H3,(H,28,29). The molecule has 3 nitrogen and oxygen atoms in total. The fraction of sp³-hybridized carbons (Fsp3) is 0.519. The zero-order valence-corrected chi connectivity index (χ0v) is 19.5. The molecule has 1 aliphatic heterocycles. The summed E-state index contributed by atoms with van der Waals surface area (Å²) in [7, 11) is 0. The highest BCUT2D eigenvalue weighted by Crippen LogP contribution is 2.44. The van der Waals surface area contributed by atoms with Gasteiger partial charge in [-0.15, -0.1) is 0 Å². The van der Waals surface area contributed by atoms with Crippen molar-refractivity contribution >= 4 is 11.6 Å². The Morgan fingerprint density at radius 1 is 1.07 bits per heavy atom. The lowest BCUT2D eigenvalue weighted by Gasteiger charge is -2.25. The molecular weight excluding hydrogens is 370 g/mol. The first-order valence-electron chi connectivity index (χ1n) is 11.3. The van der Waals surface area contributed by atoms with E-state index in [2.05, 4.69) is 62.5 Å². The number of ether oxygens (including phenoxy) is 1. The Hall–Kier alpha value is -2.29. The van der Waals surface area contributed by atoms with E-state index in [9.17, 15) is 4.79 Å². The molecular formula is C27H37NO2. The van der Waals surface area contributed by atoms with Crippen LogP contribution < -0.4 is 10.1 Å². The largest absolute Gasteiger partial charge is 0.485 e. The van der Waals surface area contributed by atoms with Crippen LogP contribution >= 0.6 is 0 Å². The normalized spacial score (nSPS) is 14.9. The molecule has 3 rings (SSSR count). The summed E-state index contributed by atoms with van der Waals surface area (Å²) in [6, 6.07) is 12.8. The summed E-state index contributed by atoms with van der Waals surface area (Å²) in [5, 5.41) is 3.22. The number of aryl methyl sites for hydroxylation is 3. The van der Waals surface area contributed by atoms with Crippen LogP contribution in [0.3, 0.4) is 0 Å². The third kappa shape index (κ3) is 5.24. The Morgan fingerprint density at radius 3 is 2.47 bits per heavy atom. The number of nitrogens with one attached hydrogen (secondary N) is 1. The van der Waals surface area contributed by atoms with Crippen LogP contribution in [0, 0.1) is 19.3 Å². The average Bonchev–Trinajstić information content (AvgIpc) is 3.01. The van der Waals surface area contributed by atoms with Crippen molar-refractivity contribution in [1.82, 2.24) is 0 Å². The average molecular weight is 408 g/mol. The maximum absolute atomic E-state index is 13.2. The molecule has 0 saturated carbocycles. The molecule has 162 valence electrons. The smallest absolute Gasteiger partial charge is 0.230 e. The summed E-state index contributed by atoms with van der Waals surface area (Å²) in [6.45, 7) is 12.5. The van der Waals surface area contributed by atoms with Crippen molar-refractivity contribution < 1.29 is 9.53 Å². The fourth-order valence-electron chi connectivity index (χ4n) is 4.33. The van der Waals surface area contributed by atoms with E-state index >= 15 is 0 Å². The predicted octanol–water partition coefficient (Wildman–Crippen LogP) is 6.78. The van der Waals surface area contributed by atoms with E-state index in [4.69, 9.17) is 4.74 Å². The van der Waals surface area contributed by atoms with Crippen molar-refractivity contribution in [2.24, 2.45) is 5.41 Å². The van der Waals surface area contributed by atoms with Crippen LogP contribution in [-0.4, -0.2) is 11.5 Å². The van der Waals surface area contributed by atoms with Gasteiger partial charge >= 0.3 is 0 Å². The molecule has 1 amide bonds. The van der Waals surface area contributed by atoms with E-state index in [1.54, 1.807) is 0 Å². The molecule has 0 saturated heterocycles. The van der Waals surface area contributed by atoms with Crippen molar-refractivity contribution in [3.63, 3.8) is 0 Å². The number of carbonyl (C=O) groups is 1. The van der Waals surface area contributed by atoms with E-state index < -0.39 is 5.41 Å². The van der Waals surface area contributed by atoms with Crippen molar-refractivity contribution in [3.8, 4) is 5.75 Å². The van der Waals surface area contributed by atoms with Crippen molar-refractivity contribution in [2.75, 3.05) is 5.32 Å². The number of unbranched alkanes of at least 4 members (excludes halogenated alkanes) is 2. The highest BCUT2D eigenvalue weighted by Gasteiger charge is 2.35. The number of anilines is 1. The van der Waals surface area contributed by atoms with E-state index in [0.29, 0.717) is 0 Å². The molecule has 1 aliphatic rings. The number of amides is 1. The van der Waals surface area contributed by atoms with Crippen molar-refractivity contribution in [3.05, 3.63) is 58.7 Å². The van der Waals surface area contributed by atoms with Gasteiger partial charge in [0, 0.05) is 17.4 Å². The molecule has 2 aromatic rings.